The van der Waals surface area contributed by atoms with E-state index in [9.17, 15) is 8.78 Å². The van der Waals surface area contributed by atoms with Crippen molar-refractivity contribution in [2.75, 3.05) is 6.61 Å². The summed E-state index contributed by atoms with van der Waals surface area (Å²) < 4.78 is 33.9. The Morgan fingerprint density at radius 3 is 2.12 bits per heavy atom. The van der Waals surface area contributed by atoms with E-state index in [4.69, 9.17) is 4.74 Å². The molecular weight excluding hydrogens is 306 g/mol. The Hall–Kier alpha value is -0.960. The van der Waals surface area contributed by atoms with E-state index in [1.165, 1.54) is 31.2 Å². The fourth-order valence-corrected chi connectivity index (χ4v) is 3.74. The molecule has 2 rings (SSSR count). The summed E-state index contributed by atoms with van der Waals surface area (Å²) in [6, 6.07) is 8.17. The molecule has 1 nitrogen and oxygen atoms in total. The van der Waals surface area contributed by atoms with Crippen LogP contribution in [0.3, 0.4) is 0 Å². The van der Waals surface area contributed by atoms with Crippen LogP contribution in [0.15, 0.2) is 24.3 Å². The second-order valence-corrected chi connectivity index (χ2v) is 7.46. The normalized spacial score (nSPS) is 26.6. The fourth-order valence-electron chi connectivity index (χ4n) is 3.74. The largest absolute Gasteiger partial charge is 0.376 e. The molecule has 1 fully saturated rings. The Balaban J connectivity index is 1.98. The second kappa shape index (κ2) is 8.94. The fraction of sp³-hybridized carbons (Fsp3) is 0.714. The first-order valence-corrected chi connectivity index (χ1v) is 9.43. The van der Waals surface area contributed by atoms with E-state index >= 15 is 0 Å². The quantitative estimate of drug-likeness (QED) is 0.576. The molecule has 0 heterocycles. The summed E-state index contributed by atoms with van der Waals surface area (Å²) >= 11 is 0. The molecule has 0 saturated heterocycles. The zero-order valence-electron chi connectivity index (χ0n) is 15.5. The number of benzene rings is 1. The van der Waals surface area contributed by atoms with Gasteiger partial charge in [-0.2, -0.15) is 0 Å². The smallest absolute Gasteiger partial charge is 0.157 e. The van der Waals surface area contributed by atoms with Gasteiger partial charge in [0.1, 0.15) is 6.17 Å². The molecule has 0 aliphatic heterocycles. The van der Waals surface area contributed by atoms with Gasteiger partial charge in [-0.05, 0) is 49.7 Å². The van der Waals surface area contributed by atoms with E-state index in [0.29, 0.717) is 12.5 Å². The lowest BCUT2D eigenvalue weighted by atomic mass is 9.79. The van der Waals surface area contributed by atoms with Crippen LogP contribution < -0.4 is 0 Å². The Morgan fingerprint density at radius 2 is 1.58 bits per heavy atom. The number of hydrogen-bond donors (Lipinski definition) is 0. The zero-order valence-corrected chi connectivity index (χ0v) is 15.5. The van der Waals surface area contributed by atoms with Crippen LogP contribution in [-0.4, -0.2) is 25.1 Å². The van der Waals surface area contributed by atoms with Crippen LogP contribution in [0.25, 0.3) is 0 Å². The number of alkyl halides is 2. The highest BCUT2D eigenvalue weighted by molar-refractivity contribution is 5.28. The third kappa shape index (κ3) is 4.78. The van der Waals surface area contributed by atoms with Crippen molar-refractivity contribution >= 4 is 0 Å². The minimum absolute atomic E-state index is 0.400. The van der Waals surface area contributed by atoms with Crippen molar-refractivity contribution in [2.24, 2.45) is 5.92 Å². The van der Waals surface area contributed by atoms with Crippen molar-refractivity contribution in [2.45, 2.75) is 83.7 Å². The van der Waals surface area contributed by atoms with Crippen molar-refractivity contribution in [3.05, 3.63) is 35.4 Å². The molecule has 0 radical (unpaired) electrons. The maximum Gasteiger partial charge on any atom is 0.157 e. The Kier molecular flexibility index (Phi) is 7.21. The summed E-state index contributed by atoms with van der Waals surface area (Å²) in [6.45, 7) is 7.87. The molecule has 1 saturated carbocycles. The van der Waals surface area contributed by atoms with Gasteiger partial charge in [0.15, 0.2) is 6.17 Å². The standard InChI is InChI=1S/C21H32F2O/c1-5-24-16(4)21(23)20(22)15(3)17-10-12-19(13-11-17)18-8-6-14(2)7-9-18/h10-16,18,20-21H,5-9H2,1-4H3. The molecule has 4 atom stereocenters. The SMILES string of the molecule is CCOC(C)C(F)C(F)C(C)c1ccc(C2CCC(C)CC2)cc1. The average molecular weight is 338 g/mol. The van der Waals surface area contributed by atoms with Gasteiger partial charge in [0.05, 0.1) is 6.10 Å². The van der Waals surface area contributed by atoms with Crippen molar-refractivity contribution in [3.63, 3.8) is 0 Å². The van der Waals surface area contributed by atoms with Crippen LogP contribution >= 0.6 is 0 Å². The molecular formula is C21H32F2O. The lowest BCUT2D eigenvalue weighted by Crippen LogP contribution is -2.34. The highest BCUT2D eigenvalue weighted by Crippen LogP contribution is 2.36. The molecule has 4 unspecified atom stereocenters. The monoisotopic (exact) mass is 338 g/mol. The van der Waals surface area contributed by atoms with Crippen molar-refractivity contribution in [1.29, 1.82) is 0 Å². The molecule has 1 aromatic rings. The third-order valence-corrected chi connectivity index (χ3v) is 5.61. The second-order valence-electron chi connectivity index (χ2n) is 7.46. The van der Waals surface area contributed by atoms with Crippen LogP contribution in [-0.2, 0) is 4.74 Å². The van der Waals surface area contributed by atoms with Crippen LogP contribution in [0.5, 0.6) is 0 Å². The zero-order chi connectivity index (χ0) is 17.7. The van der Waals surface area contributed by atoms with Gasteiger partial charge in [-0.15, -0.1) is 0 Å². The molecule has 3 heteroatoms. The minimum Gasteiger partial charge on any atom is -0.376 e. The number of rotatable bonds is 7. The lowest BCUT2D eigenvalue weighted by molar-refractivity contribution is -0.0197. The molecule has 136 valence electrons. The summed E-state index contributed by atoms with van der Waals surface area (Å²) in [5.41, 5.74) is 2.20. The first kappa shape index (κ1) is 19.4. The van der Waals surface area contributed by atoms with Gasteiger partial charge >= 0.3 is 0 Å². The van der Waals surface area contributed by atoms with E-state index in [1.807, 2.05) is 12.1 Å². The topological polar surface area (TPSA) is 9.23 Å². The number of hydrogen-bond acceptors (Lipinski definition) is 1. The molecule has 0 aromatic heterocycles. The first-order valence-electron chi connectivity index (χ1n) is 9.43. The Bertz CT molecular complexity index is 479. The summed E-state index contributed by atoms with van der Waals surface area (Å²) in [4.78, 5) is 0. The summed E-state index contributed by atoms with van der Waals surface area (Å²) in [6.07, 6.45) is 1.19. The van der Waals surface area contributed by atoms with Gasteiger partial charge in [-0.1, -0.05) is 51.0 Å². The Morgan fingerprint density at radius 1 is 1.00 bits per heavy atom. The predicted octanol–water partition coefficient (Wildman–Crippen LogP) is 6.19. The summed E-state index contributed by atoms with van der Waals surface area (Å²) in [5.74, 6) is 0.989. The van der Waals surface area contributed by atoms with Crippen LogP contribution in [0.2, 0.25) is 0 Å². The molecule has 1 aliphatic rings. The third-order valence-electron chi connectivity index (χ3n) is 5.61. The van der Waals surface area contributed by atoms with E-state index < -0.39 is 24.4 Å². The van der Waals surface area contributed by atoms with E-state index in [1.54, 1.807) is 20.8 Å². The van der Waals surface area contributed by atoms with E-state index in [2.05, 4.69) is 19.1 Å². The maximum atomic E-state index is 14.5. The summed E-state index contributed by atoms with van der Waals surface area (Å²) in [7, 11) is 0. The summed E-state index contributed by atoms with van der Waals surface area (Å²) in [5, 5.41) is 0. The molecule has 1 aliphatic carbocycles. The highest BCUT2D eigenvalue weighted by atomic mass is 19.2. The molecule has 0 bridgehead atoms. The number of ether oxygens (including phenoxy) is 1. The van der Waals surface area contributed by atoms with Gasteiger partial charge in [0, 0.05) is 12.5 Å². The lowest BCUT2D eigenvalue weighted by Gasteiger charge is -2.27. The van der Waals surface area contributed by atoms with Crippen molar-refractivity contribution in [3.8, 4) is 0 Å². The van der Waals surface area contributed by atoms with Gasteiger partial charge in [-0.3, -0.25) is 0 Å². The van der Waals surface area contributed by atoms with Gasteiger partial charge < -0.3 is 4.74 Å². The highest BCUT2D eigenvalue weighted by Gasteiger charge is 2.32. The van der Waals surface area contributed by atoms with E-state index in [0.717, 1.165) is 11.5 Å². The maximum absolute atomic E-state index is 14.5. The molecule has 1 aromatic carbocycles. The van der Waals surface area contributed by atoms with Gasteiger partial charge in [0.2, 0.25) is 0 Å². The van der Waals surface area contributed by atoms with Crippen LogP contribution in [0.4, 0.5) is 8.78 Å². The van der Waals surface area contributed by atoms with Crippen molar-refractivity contribution in [1.82, 2.24) is 0 Å². The first-order chi connectivity index (χ1) is 11.4. The average Bonchev–Trinajstić information content (AvgIpc) is 2.61. The minimum atomic E-state index is -1.60. The van der Waals surface area contributed by atoms with Gasteiger partial charge in [-0.25, -0.2) is 8.78 Å². The molecule has 24 heavy (non-hydrogen) atoms. The molecule has 0 N–H and O–H groups in total. The van der Waals surface area contributed by atoms with Gasteiger partial charge in [0.25, 0.3) is 0 Å². The van der Waals surface area contributed by atoms with Crippen LogP contribution in [0, 0.1) is 5.92 Å². The predicted molar refractivity (Wildman–Crippen MR) is 96.1 cm³/mol. The Labute approximate surface area is 145 Å². The molecule has 0 spiro atoms. The van der Waals surface area contributed by atoms with E-state index in [-0.39, 0.29) is 0 Å². The van der Waals surface area contributed by atoms with Crippen LogP contribution in [0.1, 0.15) is 76.3 Å². The van der Waals surface area contributed by atoms with Crippen molar-refractivity contribution < 1.29 is 13.5 Å². The number of halogens is 2. The molecule has 0 amide bonds.